The number of aromatic nitrogens is 2. The van der Waals surface area contributed by atoms with Crippen LogP contribution in [0, 0.1) is 10.1 Å². The number of nitro groups is 1. The van der Waals surface area contributed by atoms with Crippen LogP contribution in [0.3, 0.4) is 0 Å². The molecule has 1 heterocycles. The molecule has 8 nitrogen and oxygen atoms in total. The summed E-state index contributed by atoms with van der Waals surface area (Å²) in [5, 5.41) is 23.6. The topological polar surface area (TPSA) is 107 Å². The highest BCUT2D eigenvalue weighted by atomic mass is 16.6. The zero-order chi connectivity index (χ0) is 16.5. The van der Waals surface area contributed by atoms with E-state index in [1.54, 1.807) is 0 Å². The summed E-state index contributed by atoms with van der Waals surface area (Å²) < 4.78 is 6.41. The minimum absolute atomic E-state index is 0.0513. The molecule has 1 aromatic heterocycles. The molecular weight excluding hydrogens is 290 g/mol. The number of benzene rings is 1. The van der Waals surface area contributed by atoms with Gasteiger partial charge in [0.2, 0.25) is 0 Å². The van der Waals surface area contributed by atoms with Crippen molar-refractivity contribution >= 4 is 11.8 Å². The molecule has 0 aliphatic rings. The molecule has 2 aromatic rings. The fourth-order valence-corrected chi connectivity index (χ4v) is 1.81. The summed E-state index contributed by atoms with van der Waals surface area (Å²) in [5.41, 5.74) is 0.00876. The molecule has 0 radical (unpaired) electrons. The van der Waals surface area contributed by atoms with Gasteiger partial charge in [-0.3, -0.25) is 10.1 Å². The van der Waals surface area contributed by atoms with Gasteiger partial charge >= 0.3 is 6.09 Å². The molecule has 0 saturated heterocycles. The maximum absolute atomic E-state index is 11.0. The summed E-state index contributed by atoms with van der Waals surface area (Å²) in [5.74, 6) is 0.657. The lowest BCUT2D eigenvalue weighted by atomic mass is 9.92. The zero-order valence-electron chi connectivity index (χ0n) is 12.3. The highest BCUT2D eigenvalue weighted by Gasteiger charge is 2.25. The molecule has 0 bridgehead atoms. The third kappa shape index (κ3) is 3.22. The molecule has 116 valence electrons. The standard InChI is InChI=1S/C14H15N3O5/c1-14(2,3)12-11(8-16(15-12)13(18)19)22-10-6-4-9(5-7-10)17(20)21/h4-8H,1-3H3,(H,18,19). The van der Waals surface area contributed by atoms with Crippen molar-refractivity contribution in [3.05, 3.63) is 46.3 Å². The molecule has 0 fully saturated rings. The summed E-state index contributed by atoms with van der Waals surface area (Å²) in [6, 6.07) is 5.52. The summed E-state index contributed by atoms with van der Waals surface area (Å²) >= 11 is 0. The third-order valence-corrected chi connectivity index (χ3v) is 2.86. The monoisotopic (exact) mass is 305 g/mol. The van der Waals surface area contributed by atoms with Gasteiger partial charge in [-0.25, -0.2) is 4.79 Å². The summed E-state index contributed by atoms with van der Waals surface area (Å²) in [4.78, 5) is 21.1. The summed E-state index contributed by atoms with van der Waals surface area (Å²) in [6.07, 6.45) is 0.0497. The van der Waals surface area contributed by atoms with Gasteiger partial charge in [0.05, 0.1) is 11.1 Å². The number of nitrogens with zero attached hydrogens (tertiary/aromatic N) is 3. The van der Waals surface area contributed by atoms with Crippen molar-refractivity contribution in [2.45, 2.75) is 26.2 Å². The minimum Gasteiger partial charge on any atom is -0.463 e. The van der Waals surface area contributed by atoms with E-state index in [1.807, 2.05) is 20.8 Å². The van der Waals surface area contributed by atoms with Gasteiger partial charge in [0.1, 0.15) is 11.4 Å². The van der Waals surface area contributed by atoms with Crippen molar-refractivity contribution in [1.29, 1.82) is 0 Å². The van der Waals surface area contributed by atoms with Crippen LogP contribution in [0.1, 0.15) is 26.5 Å². The quantitative estimate of drug-likeness (QED) is 0.687. The Morgan fingerprint density at radius 2 is 1.91 bits per heavy atom. The molecule has 0 amide bonds. The van der Waals surface area contributed by atoms with Crippen LogP contribution in [0.4, 0.5) is 10.5 Å². The predicted octanol–water partition coefficient (Wildman–Crippen LogP) is 3.41. The van der Waals surface area contributed by atoms with Crippen molar-refractivity contribution in [3.8, 4) is 11.5 Å². The molecular formula is C14H15N3O5. The van der Waals surface area contributed by atoms with Crippen LogP contribution in [0.15, 0.2) is 30.5 Å². The highest BCUT2D eigenvalue weighted by molar-refractivity contribution is 5.67. The van der Waals surface area contributed by atoms with Crippen LogP contribution in [0.25, 0.3) is 0 Å². The van der Waals surface area contributed by atoms with Crippen LogP contribution >= 0.6 is 0 Å². The average Bonchev–Trinajstić information content (AvgIpc) is 2.83. The van der Waals surface area contributed by atoms with E-state index in [-0.39, 0.29) is 5.69 Å². The van der Waals surface area contributed by atoms with Gasteiger partial charge in [-0.05, 0) is 12.1 Å². The Balaban J connectivity index is 2.35. The Labute approximate surface area is 126 Å². The Bertz CT molecular complexity index is 713. The molecule has 1 N–H and O–H groups in total. The predicted molar refractivity (Wildman–Crippen MR) is 77.5 cm³/mol. The van der Waals surface area contributed by atoms with Crippen LogP contribution in [0.2, 0.25) is 0 Å². The summed E-state index contributed by atoms with van der Waals surface area (Å²) in [6.45, 7) is 5.64. The number of rotatable bonds is 3. The Hall–Kier alpha value is -2.90. The lowest BCUT2D eigenvalue weighted by Crippen LogP contribution is -2.15. The third-order valence-electron chi connectivity index (χ3n) is 2.86. The van der Waals surface area contributed by atoms with E-state index in [2.05, 4.69) is 5.10 Å². The number of carbonyl (C=O) groups is 1. The molecule has 1 aromatic carbocycles. The number of carboxylic acid groups (broad SMARTS) is 1. The molecule has 0 saturated carbocycles. The largest absolute Gasteiger partial charge is 0.463 e. The van der Waals surface area contributed by atoms with Gasteiger partial charge in [-0.15, -0.1) is 0 Å². The first-order valence-electron chi connectivity index (χ1n) is 6.44. The smallest absolute Gasteiger partial charge is 0.432 e. The Morgan fingerprint density at radius 3 is 2.36 bits per heavy atom. The van der Waals surface area contributed by atoms with Crippen LogP contribution in [-0.4, -0.2) is 25.9 Å². The van der Waals surface area contributed by atoms with E-state index in [9.17, 15) is 14.9 Å². The van der Waals surface area contributed by atoms with E-state index < -0.39 is 16.4 Å². The van der Waals surface area contributed by atoms with Crippen molar-refractivity contribution in [1.82, 2.24) is 9.78 Å². The molecule has 8 heteroatoms. The summed E-state index contributed by atoms with van der Waals surface area (Å²) in [7, 11) is 0. The van der Waals surface area contributed by atoms with Gasteiger partial charge in [0.15, 0.2) is 5.75 Å². The van der Waals surface area contributed by atoms with Gasteiger partial charge < -0.3 is 9.84 Å². The highest BCUT2D eigenvalue weighted by Crippen LogP contribution is 2.33. The van der Waals surface area contributed by atoms with Crippen LogP contribution in [0.5, 0.6) is 11.5 Å². The number of ether oxygens (including phenoxy) is 1. The van der Waals surface area contributed by atoms with Gasteiger partial charge in [-0.2, -0.15) is 9.78 Å². The van der Waals surface area contributed by atoms with Gasteiger partial charge in [0.25, 0.3) is 5.69 Å². The zero-order valence-corrected chi connectivity index (χ0v) is 12.3. The number of non-ortho nitro benzene ring substituents is 1. The molecule has 0 atom stereocenters. The van der Waals surface area contributed by atoms with Crippen molar-refractivity contribution in [2.75, 3.05) is 0 Å². The second kappa shape index (κ2) is 5.47. The molecule has 0 aliphatic heterocycles. The number of nitro benzene ring substituents is 1. The molecule has 0 unspecified atom stereocenters. The second-order valence-electron chi connectivity index (χ2n) is 5.67. The second-order valence-corrected chi connectivity index (χ2v) is 5.67. The lowest BCUT2D eigenvalue weighted by Gasteiger charge is -2.17. The molecule has 0 spiro atoms. The Kier molecular flexibility index (Phi) is 3.85. The first kappa shape index (κ1) is 15.5. The Morgan fingerprint density at radius 1 is 1.32 bits per heavy atom. The fraction of sp³-hybridized carbons (Fsp3) is 0.286. The van der Waals surface area contributed by atoms with E-state index in [0.717, 1.165) is 4.68 Å². The minimum atomic E-state index is -1.22. The number of hydrogen-bond acceptors (Lipinski definition) is 5. The fourth-order valence-electron chi connectivity index (χ4n) is 1.81. The van der Waals surface area contributed by atoms with E-state index in [1.165, 1.54) is 30.5 Å². The first-order valence-corrected chi connectivity index (χ1v) is 6.44. The first-order chi connectivity index (χ1) is 10.2. The molecule has 0 aliphatic carbocycles. The molecule has 22 heavy (non-hydrogen) atoms. The normalized spacial score (nSPS) is 11.2. The number of hydrogen-bond donors (Lipinski definition) is 1. The van der Waals surface area contributed by atoms with Crippen LogP contribution in [-0.2, 0) is 5.41 Å². The van der Waals surface area contributed by atoms with Gasteiger partial charge in [0, 0.05) is 17.5 Å². The maximum atomic E-state index is 11.0. The van der Waals surface area contributed by atoms with E-state index in [4.69, 9.17) is 9.84 Å². The van der Waals surface area contributed by atoms with E-state index >= 15 is 0 Å². The van der Waals surface area contributed by atoms with Crippen molar-refractivity contribution in [2.24, 2.45) is 0 Å². The van der Waals surface area contributed by atoms with Crippen molar-refractivity contribution in [3.63, 3.8) is 0 Å². The average molecular weight is 305 g/mol. The lowest BCUT2D eigenvalue weighted by molar-refractivity contribution is -0.384. The van der Waals surface area contributed by atoms with Crippen molar-refractivity contribution < 1.29 is 19.6 Å². The van der Waals surface area contributed by atoms with E-state index in [0.29, 0.717) is 17.2 Å². The van der Waals surface area contributed by atoms with Crippen LogP contribution < -0.4 is 4.74 Å². The molecule has 2 rings (SSSR count). The van der Waals surface area contributed by atoms with Gasteiger partial charge in [-0.1, -0.05) is 20.8 Å². The SMILES string of the molecule is CC(C)(C)c1nn(C(=O)O)cc1Oc1ccc([N+](=O)[O-])cc1. The maximum Gasteiger partial charge on any atom is 0.432 e.